The Kier molecular flexibility index (Phi) is 3.78. The van der Waals surface area contributed by atoms with Crippen LogP contribution in [-0.4, -0.2) is 15.8 Å². The van der Waals surface area contributed by atoms with Crippen molar-refractivity contribution in [3.63, 3.8) is 0 Å². The summed E-state index contributed by atoms with van der Waals surface area (Å²) in [4.78, 5) is 0. The van der Waals surface area contributed by atoms with Gasteiger partial charge in [0.15, 0.2) is 0 Å². The summed E-state index contributed by atoms with van der Waals surface area (Å²) >= 11 is 11.9. The van der Waals surface area contributed by atoms with Crippen LogP contribution in [-0.2, 0) is 13.1 Å². The van der Waals surface area contributed by atoms with Crippen molar-refractivity contribution in [1.82, 2.24) is 15.1 Å². The molecule has 1 aromatic carbocycles. The minimum absolute atomic E-state index is 0.584. The van der Waals surface area contributed by atoms with Crippen LogP contribution in [0.3, 0.4) is 0 Å². The molecule has 5 heteroatoms. The maximum atomic E-state index is 6.01. The zero-order chi connectivity index (χ0) is 13.2. The molecule has 0 saturated heterocycles. The Morgan fingerprint density at radius 2 is 2.05 bits per heavy atom. The summed E-state index contributed by atoms with van der Waals surface area (Å²) in [5.41, 5.74) is 2.17. The maximum absolute atomic E-state index is 6.01. The first-order chi connectivity index (χ1) is 9.20. The predicted octanol–water partition coefficient (Wildman–Crippen LogP) is 3.49. The van der Waals surface area contributed by atoms with Gasteiger partial charge in [-0.3, -0.25) is 4.68 Å². The van der Waals surface area contributed by atoms with E-state index in [1.807, 2.05) is 35.1 Å². The van der Waals surface area contributed by atoms with E-state index in [4.69, 9.17) is 23.2 Å². The molecule has 0 bridgehead atoms. The van der Waals surface area contributed by atoms with Gasteiger partial charge >= 0.3 is 0 Å². The van der Waals surface area contributed by atoms with Crippen LogP contribution in [0, 0.1) is 0 Å². The number of rotatable bonds is 5. The van der Waals surface area contributed by atoms with Crippen molar-refractivity contribution >= 4 is 23.2 Å². The number of nitrogens with one attached hydrogen (secondary N) is 1. The Morgan fingerprint density at radius 1 is 1.21 bits per heavy atom. The lowest BCUT2D eigenvalue weighted by Gasteiger charge is -2.04. The fourth-order valence-electron chi connectivity index (χ4n) is 1.95. The second-order valence-electron chi connectivity index (χ2n) is 4.91. The summed E-state index contributed by atoms with van der Waals surface area (Å²) in [5, 5.41) is 9.16. The minimum atomic E-state index is 0.584. The highest BCUT2D eigenvalue weighted by molar-refractivity contribution is 6.42. The topological polar surface area (TPSA) is 29.9 Å². The van der Waals surface area contributed by atoms with E-state index in [2.05, 4.69) is 10.4 Å². The molecule has 1 aliphatic carbocycles. The van der Waals surface area contributed by atoms with Crippen molar-refractivity contribution in [3.8, 4) is 0 Å². The first-order valence-corrected chi connectivity index (χ1v) is 7.16. The van der Waals surface area contributed by atoms with Crippen LogP contribution in [0.5, 0.6) is 0 Å². The number of nitrogens with zero attached hydrogens (tertiary/aromatic N) is 2. The zero-order valence-electron chi connectivity index (χ0n) is 10.4. The van der Waals surface area contributed by atoms with Gasteiger partial charge in [0, 0.05) is 18.8 Å². The molecule has 1 saturated carbocycles. The molecule has 0 unspecified atom stereocenters. The van der Waals surface area contributed by atoms with E-state index in [1.165, 1.54) is 12.8 Å². The Hall–Kier alpha value is -1.03. The molecule has 0 spiro atoms. The number of aromatic nitrogens is 2. The molecule has 100 valence electrons. The van der Waals surface area contributed by atoms with Gasteiger partial charge in [-0.05, 0) is 36.6 Å². The number of hydrogen-bond donors (Lipinski definition) is 1. The van der Waals surface area contributed by atoms with Gasteiger partial charge in [-0.15, -0.1) is 0 Å². The molecule has 0 amide bonds. The van der Waals surface area contributed by atoms with Crippen LogP contribution in [0.4, 0.5) is 0 Å². The second kappa shape index (κ2) is 5.53. The smallest absolute Gasteiger partial charge is 0.0762 e. The molecule has 3 nitrogen and oxygen atoms in total. The van der Waals surface area contributed by atoms with Gasteiger partial charge in [-0.2, -0.15) is 5.10 Å². The molecule has 3 rings (SSSR count). The lowest BCUT2D eigenvalue weighted by Crippen LogP contribution is -2.16. The third kappa shape index (κ3) is 3.50. The fraction of sp³-hybridized carbons (Fsp3) is 0.357. The first kappa shape index (κ1) is 13.0. The highest BCUT2D eigenvalue weighted by Gasteiger charge is 2.20. The van der Waals surface area contributed by atoms with E-state index >= 15 is 0 Å². The lowest BCUT2D eigenvalue weighted by molar-refractivity contribution is 0.631. The molecule has 19 heavy (non-hydrogen) atoms. The van der Waals surface area contributed by atoms with Crippen LogP contribution < -0.4 is 5.32 Å². The predicted molar refractivity (Wildman–Crippen MR) is 77.7 cm³/mol. The molecule has 0 atom stereocenters. The van der Waals surface area contributed by atoms with Gasteiger partial charge < -0.3 is 5.32 Å². The maximum Gasteiger partial charge on any atom is 0.0762 e. The van der Waals surface area contributed by atoms with E-state index in [9.17, 15) is 0 Å². The highest BCUT2D eigenvalue weighted by Crippen LogP contribution is 2.23. The summed E-state index contributed by atoms with van der Waals surface area (Å²) in [6.45, 7) is 1.55. The summed E-state index contributed by atoms with van der Waals surface area (Å²) in [5.74, 6) is 0. The summed E-state index contributed by atoms with van der Waals surface area (Å²) in [7, 11) is 0. The van der Waals surface area contributed by atoms with Crippen molar-refractivity contribution in [1.29, 1.82) is 0 Å². The third-order valence-electron chi connectivity index (χ3n) is 3.17. The van der Waals surface area contributed by atoms with Gasteiger partial charge in [-0.1, -0.05) is 29.3 Å². The number of benzene rings is 1. The summed E-state index contributed by atoms with van der Waals surface area (Å²) < 4.78 is 1.92. The van der Waals surface area contributed by atoms with Crippen molar-refractivity contribution in [2.75, 3.05) is 0 Å². The van der Waals surface area contributed by atoms with Crippen molar-refractivity contribution < 1.29 is 0 Å². The lowest BCUT2D eigenvalue weighted by atomic mass is 10.2. The van der Waals surface area contributed by atoms with E-state index in [1.54, 1.807) is 0 Å². The third-order valence-corrected chi connectivity index (χ3v) is 3.91. The SMILES string of the molecule is Clc1ccc(Cn2ccc(CNC3CC3)n2)cc1Cl. The van der Waals surface area contributed by atoms with Crippen LogP contribution in [0.15, 0.2) is 30.5 Å². The quantitative estimate of drug-likeness (QED) is 0.915. The molecule has 1 heterocycles. The van der Waals surface area contributed by atoms with Gasteiger partial charge in [0.05, 0.1) is 22.3 Å². The minimum Gasteiger partial charge on any atom is -0.308 e. The standard InChI is InChI=1S/C14H15Cl2N3/c15-13-4-1-10(7-14(13)16)9-19-6-5-12(18-19)8-17-11-2-3-11/h1,4-7,11,17H,2-3,8-9H2. The number of halogens is 2. The van der Waals surface area contributed by atoms with Crippen LogP contribution >= 0.6 is 23.2 Å². The second-order valence-corrected chi connectivity index (χ2v) is 5.72. The monoisotopic (exact) mass is 295 g/mol. The van der Waals surface area contributed by atoms with Crippen LogP contribution in [0.2, 0.25) is 10.0 Å². The molecule has 2 aromatic rings. The molecule has 0 aliphatic heterocycles. The normalized spacial score (nSPS) is 14.8. The molecule has 0 radical (unpaired) electrons. The largest absolute Gasteiger partial charge is 0.308 e. The van der Waals surface area contributed by atoms with Crippen LogP contribution in [0.25, 0.3) is 0 Å². The molecule has 1 N–H and O–H groups in total. The Bertz CT molecular complexity index is 576. The van der Waals surface area contributed by atoms with Gasteiger partial charge in [0.1, 0.15) is 0 Å². The van der Waals surface area contributed by atoms with E-state index in [-0.39, 0.29) is 0 Å². The Morgan fingerprint density at radius 3 is 2.79 bits per heavy atom. The van der Waals surface area contributed by atoms with Crippen molar-refractivity contribution in [2.24, 2.45) is 0 Å². The van der Waals surface area contributed by atoms with E-state index < -0.39 is 0 Å². The average molecular weight is 296 g/mol. The van der Waals surface area contributed by atoms with Crippen molar-refractivity contribution in [2.45, 2.75) is 32.0 Å². The summed E-state index contributed by atoms with van der Waals surface area (Å²) in [6, 6.07) is 8.43. The Labute approximate surface area is 122 Å². The van der Waals surface area contributed by atoms with Crippen molar-refractivity contribution in [3.05, 3.63) is 51.8 Å². The van der Waals surface area contributed by atoms with Gasteiger partial charge in [0.2, 0.25) is 0 Å². The molecular weight excluding hydrogens is 281 g/mol. The van der Waals surface area contributed by atoms with Gasteiger partial charge in [-0.25, -0.2) is 0 Å². The molecule has 1 aromatic heterocycles. The molecule has 1 fully saturated rings. The first-order valence-electron chi connectivity index (χ1n) is 6.40. The average Bonchev–Trinajstić information content (AvgIpc) is 3.12. The fourth-order valence-corrected chi connectivity index (χ4v) is 2.27. The van der Waals surface area contributed by atoms with E-state index in [0.717, 1.165) is 17.8 Å². The van der Waals surface area contributed by atoms with Crippen LogP contribution in [0.1, 0.15) is 24.1 Å². The number of hydrogen-bond acceptors (Lipinski definition) is 2. The Balaban J connectivity index is 1.63. The summed E-state index contributed by atoms with van der Waals surface area (Å²) in [6.07, 6.45) is 4.58. The molecule has 1 aliphatic rings. The highest BCUT2D eigenvalue weighted by atomic mass is 35.5. The van der Waals surface area contributed by atoms with Gasteiger partial charge in [0.25, 0.3) is 0 Å². The molecular formula is C14H15Cl2N3. The zero-order valence-corrected chi connectivity index (χ0v) is 12.0. The van der Waals surface area contributed by atoms with E-state index in [0.29, 0.717) is 22.6 Å².